The quantitative estimate of drug-likeness (QED) is 0.759. The summed E-state index contributed by atoms with van der Waals surface area (Å²) >= 11 is 5.69. The lowest BCUT2D eigenvalue weighted by atomic mass is 10.2. The van der Waals surface area contributed by atoms with Gasteiger partial charge in [-0.15, -0.1) is 0 Å². The minimum Gasteiger partial charge on any atom is -0.384 e. The summed E-state index contributed by atoms with van der Waals surface area (Å²) in [6.07, 6.45) is 0.433. The van der Waals surface area contributed by atoms with E-state index in [4.69, 9.17) is 17.3 Å². The Hall–Kier alpha value is -1.34. The van der Waals surface area contributed by atoms with E-state index in [1.807, 2.05) is 0 Å². The zero-order chi connectivity index (χ0) is 13.3. The van der Waals surface area contributed by atoms with Gasteiger partial charge in [-0.3, -0.25) is 4.79 Å². The van der Waals surface area contributed by atoms with Gasteiger partial charge in [-0.1, -0.05) is 11.6 Å². The number of nitrogen functional groups attached to an aromatic ring is 1. The number of nitrogens with one attached hydrogen (secondary N) is 1. The summed E-state index contributed by atoms with van der Waals surface area (Å²) in [5.74, 6) is -0.163. The fourth-order valence-electron chi connectivity index (χ4n) is 1.83. The molecule has 1 fully saturated rings. The van der Waals surface area contributed by atoms with Crippen molar-refractivity contribution in [2.24, 2.45) is 0 Å². The molecular formula is C10H12ClN3O3S. The van der Waals surface area contributed by atoms with Gasteiger partial charge in [-0.2, -0.15) is 0 Å². The van der Waals surface area contributed by atoms with Gasteiger partial charge in [-0.25, -0.2) is 13.4 Å². The molecule has 1 aliphatic rings. The molecule has 1 saturated heterocycles. The highest BCUT2D eigenvalue weighted by molar-refractivity contribution is 7.91. The Bertz CT molecular complexity index is 568. The molecule has 3 N–H and O–H groups in total. The number of hydrogen-bond donors (Lipinski definition) is 2. The number of sulfone groups is 1. The molecule has 1 aromatic rings. The number of nitrogens with two attached hydrogens (primary N) is 1. The van der Waals surface area contributed by atoms with E-state index in [1.165, 1.54) is 12.1 Å². The monoisotopic (exact) mass is 289 g/mol. The van der Waals surface area contributed by atoms with Gasteiger partial charge in [0.1, 0.15) is 11.0 Å². The minimum atomic E-state index is -3.02. The molecule has 6 nitrogen and oxygen atoms in total. The second-order valence-electron chi connectivity index (χ2n) is 4.18. The number of halogens is 1. The van der Waals surface area contributed by atoms with Crippen LogP contribution in [0.2, 0.25) is 5.15 Å². The molecule has 0 spiro atoms. The number of aromatic nitrogens is 1. The molecule has 0 radical (unpaired) electrons. The Labute approximate surface area is 109 Å². The molecule has 1 aromatic heterocycles. The molecule has 1 aliphatic heterocycles. The van der Waals surface area contributed by atoms with Crippen LogP contribution in [0.1, 0.15) is 16.8 Å². The number of carbonyl (C=O) groups excluding carboxylic acids is 1. The Morgan fingerprint density at radius 1 is 1.50 bits per heavy atom. The highest BCUT2D eigenvalue weighted by atomic mass is 35.5. The van der Waals surface area contributed by atoms with E-state index >= 15 is 0 Å². The summed E-state index contributed by atoms with van der Waals surface area (Å²) in [5.41, 5.74) is 5.75. The van der Waals surface area contributed by atoms with Crippen LogP contribution < -0.4 is 11.1 Å². The summed E-state index contributed by atoms with van der Waals surface area (Å²) in [7, 11) is -3.02. The molecule has 0 saturated carbocycles. The predicted octanol–water partition coefficient (Wildman–Crippen LogP) is 0.234. The van der Waals surface area contributed by atoms with Crippen LogP contribution >= 0.6 is 11.6 Å². The molecule has 0 aliphatic carbocycles. The maximum atomic E-state index is 11.9. The fourth-order valence-corrected chi connectivity index (χ4v) is 3.71. The van der Waals surface area contributed by atoms with Crippen molar-refractivity contribution >= 4 is 33.2 Å². The lowest BCUT2D eigenvalue weighted by molar-refractivity contribution is 0.0941. The van der Waals surface area contributed by atoms with Gasteiger partial charge in [0.05, 0.1) is 11.5 Å². The average molecular weight is 290 g/mol. The van der Waals surface area contributed by atoms with Crippen molar-refractivity contribution in [1.29, 1.82) is 0 Å². The van der Waals surface area contributed by atoms with E-state index in [-0.39, 0.29) is 34.1 Å². The summed E-state index contributed by atoms with van der Waals surface area (Å²) < 4.78 is 22.5. The highest BCUT2D eigenvalue weighted by Gasteiger charge is 2.29. The number of rotatable bonds is 2. The van der Waals surface area contributed by atoms with Crippen LogP contribution in [0.5, 0.6) is 0 Å². The number of carbonyl (C=O) groups is 1. The van der Waals surface area contributed by atoms with Crippen LogP contribution in [0.15, 0.2) is 12.1 Å². The fraction of sp³-hybridized carbons (Fsp3) is 0.400. The molecule has 8 heteroatoms. The number of anilines is 1. The molecule has 18 heavy (non-hydrogen) atoms. The second kappa shape index (κ2) is 4.74. The van der Waals surface area contributed by atoms with Crippen molar-refractivity contribution in [1.82, 2.24) is 10.3 Å². The van der Waals surface area contributed by atoms with Crippen LogP contribution in [-0.2, 0) is 9.84 Å². The van der Waals surface area contributed by atoms with E-state index in [0.717, 1.165) is 0 Å². The molecule has 98 valence electrons. The van der Waals surface area contributed by atoms with E-state index in [1.54, 1.807) is 0 Å². The van der Waals surface area contributed by atoms with Crippen LogP contribution in [-0.4, -0.2) is 36.9 Å². The van der Waals surface area contributed by atoms with Gasteiger partial charge in [0.15, 0.2) is 9.84 Å². The summed E-state index contributed by atoms with van der Waals surface area (Å²) in [6, 6.07) is 2.43. The van der Waals surface area contributed by atoms with Gasteiger partial charge in [0.2, 0.25) is 0 Å². The third-order valence-electron chi connectivity index (χ3n) is 2.64. The highest BCUT2D eigenvalue weighted by Crippen LogP contribution is 2.15. The Morgan fingerprint density at radius 3 is 2.78 bits per heavy atom. The molecular weight excluding hydrogens is 278 g/mol. The van der Waals surface area contributed by atoms with Crippen LogP contribution in [0.4, 0.5) is 5.82 Å². The van der Waals surface area contributed by atoms with Gasteiger partial charge in [0, 0.05) is 11.6 Å². The van der Waals surface area contributed by atoms with Gasteiger partial charge < -0.3 is 11.1 Å². The molecule has 1 amide bonds. The second-order valence-corrected chi connectivity index (χ2v) is 6.79. The smallest absolute Gasteiger partial charge is 0.251 e. The largest absolute Gasteiger partial charge is 0.384 e. The Morgan fingerprint density at radius 2 is 2.22 bits per heavy atom. The van der Waals surface area contributed by atoms with E-state index in [9.17, 15) is 13.2 Å². The molecule has 1 unspecified atom stereocenters. The first-order valence-corrected chi connectivity index (χ1v) is 7.50. The van der Waals surface area contributed by atoms with Crippen LogP contribution in [0.25, 0.3) is 0 Å². The molecule has 0 aromatic carbocycles. The first-order chi connectivity index (χ1) is 8.35. The normalized spacial score (nSPS) is 21.7. The molecule has 1 atom stereocenters. The average Bonchev–Trinajstić information content (AvgIpc) is 2.56. The molecule has 0 bridgehead atoms. The van der Waals surface area contributed by atoms with Crippen molar-refractivity contribution in [3.05, 3.63) is 22.8 Å². The van der Waals surface area contributed by atoms with E-state index in [0.29, 0.717) is 6.42 Å². The lowest BCUT2D eigenvalue weighted by Gasteiger charge is -2.11. The standard InChI is InChI=1S/C10H12ClN3O3S/c11-8-3-6(4-9(12)14-8)10(15)13-7-1-2-18(16,17)5-7/h3-4,7H,1-2,5H2,(H2,12,14)(H,13,15). The van der Waals surface area contributed by atoms with E-state index < -0.39 is 15.7 Å². The Balaban J connectivity index is 2.08. The summed E-state index contributed by atoms with van der Waals surface area (Å²) in [4.78, 5) is 15.6. The zero-order valence-electron chi connectivity index (χ0n) is 9.39. The third kappa shape index (κ3) is 3.11. The predicted molar refractivity (Wildman–Crippen MR) is 68.2 cm³/mol. The maximum absolute atomic E-state index is 11.9. The van der Waals surface area contributed by atoms with Crippen LogP contribution in [0, 0.1) is 0 Å². The number of nitrogens with zero attached hydrogens (tertiary/aromatic N) is 1. The maximum Gasteiger partial charge on any atom is 0.251 e. The SMILES string of the molecule is Nc1cc(C(=O)NC2CCS(=O)(=O)C2)cc(Cl)n1. The van der Waals surface area contributed by atoms with Crippen molar-refractivity contribution in [3.63, 3.8) is 0 Å². The first-order valence-electron chi connectivity index (χ1n) is 5.30. The Kier molecular flexibility index (Phi) is 3.45. The van der Waals surface area contributed by atoms with Crippen LogP contribution in [0.3, 0.4) is 0 Å². The van der Waals surface area contributed by atoms with Crippen molar-refractivity contribution in [2.45, 2.75) is 12.5 Å². The number of hydrogen-bond acceptors (Lipinski definition) is 5. The molecule has 2 heterocycles. The topological polar surface area (TPSA) is 102 Å². The summed E-state index contributed by atoms with van der Waals surface area (Å²) in [5, 5.41) is 2.77. The number of pyridine rings is 1. The zero-order valence-corrected chi connectivity index (χ0v) is 11.0. The lowest BCUT2D eigenvalue weighted by Crippen LogP contribution is -2.35. The van der Waals surface area contributed by atoms with Crippen molar-refractivity contribution in [2.75, 3.05) is 17.2 Å². The van der Waals surface area contributed by atoms with Crippen molar-refractivity contribution in [3.8, 4) is 0 Å². The van der Waals surface area contributed by atoms with Gasteiger partial charge >= 0.3 is 0 Å². The minimum absolute atomic E-state index is 0.0208. The summed E-state index contributed by atoms with van der Waals surface area (Å²) in [6.45, 7) is 0. The molecule has 2 rings (SSSR count). The van der Waals surface area contributed by atoms with Gasteiger partial charge in [-0.05, 0) is 18.6 Å². The van der Waals surface area contributed by atoms with Gasteiger partial charge in [0.25, 0.3) is 5.91 Å². The number of amides is 1. The third-order valence-corrected chi connectivity index (χ3v) is 4.61. The first kappa shape index (κ1) is 13.1. The van der Waals surface area contributed by atoms with E-state index in [2.05, 4.69) is 10.3 Å². The van der Waals surface area contributed by atoms with Crippen molar-refractivity contribution < 1.29 is 13.2 Å².